The van der Waals surface area contributed by atoms with Crippen LogP contribution in [0.5, 0.6) is 0 Å². The molecule has 1 aromatic carbocycles. The molecule has 3 rings (SSSR count). The number of hydrogen-bond donors (Lipinski definition) is 3. The van der Waals surface area contributed by atoms with Crippen LogP contribution in [-0.4, -0.2) is 30.7 Å². The predicted octanol–water partition coefficient (Wildman–Crippen LogP) is 0.312. The first-order chi connectivity index (χ1) is 8.68. The van der Waals surface area contributed by atoms with Crippen molar-refractivity contribution in [1.82, 2.24) is 0 Å². The largest absolute Gasteiger partial charge is 0.377 e. The van der Waals surface area contributed by atoms with Crippen molar-refractivity contribution in [2.24, 2.45) is 17.4 Å². The number of nitrogens with two attached hydrogens (primary N) is 2. The number of amides is 1. The minimum atomic E-state index is -0.435. The second-order valence-corrected chi connectivity index (χ2v) is 4.95. The number of para-hydroxylation sites is 1. The van der Waals surface area contributed by atoms with E-state index in [1.165, 1.54) is 0 Å². The molecule has 4 atom stereocenters. The molecular weight excluding hydrogens is 230 g/mol. The number of rotatable bonds is 3. The molecule has 96 valence electrons. The summed E-state index contributed by atoms with van der Waals surface area (Å²) in [5, 5.41) is 3.30. The Bertz CT molecular complexity index is 477. The Morgan fingerprint density at radius 1 is 1.39 bits per heavy atom. The summed E-state index contributed by atoms with van der Waals surface area (Å²) in [7, 11) is 0. The fourth-order valence-electron chi connectivity index (χ4n) is 2.93. The predicted molar refractivity (Wildman–Crippen MR) is 68.2 cm³/mol. The van der Waals surface area contributed by atoms with Gasteiger partial charge < -0.3 is 21.5 Å². The lowest BCUT2D eigenvalue weighted by Gasteiger charge is -2.46. The Morgan fingerprint density at radius 3 is 2.94 bits per heavy atom. The molecule has 4 unspecified atom stereocenters. The van der Waals surface area contributed by atoms with Gasteiger partial charge in [0.25, 0.3) is 5.91 Å². The first-order valence-corrected chi connectivity index (χ1v) is 6.21. The SMILES string of the molecule is NC(=O)c1ccccc1NC1C(N)C2CCOC21. The van der Waals surface area contributed by atoms with E-state index in [2.05, 4.69) is 5.32 Å². The zero-order valence-electron chi connectivity index (χ0n) is 10.0. The van der Waals surface area contributed by atoms with E-state index in [-0.39, 0.29) is 18.2 Å². The Balaban J connectivity index is 1.79. The van der Waals surface area contributed by atoms with Crippen molar-refractivity contribution >= 4 is 11.6 Å². The zero-order valence-corrected chi connectivity index (χ0v) is 10.0. The van der Waals surface area contributed by atoms with Crippen molar-refractivity contribution in [2.75, 3.05) is 11.9 Å². The van der Waals surface area contributed by atoms with Crippen molar-refractivity contribution in [3.63, 3.8) is 0 Å². The third-order valence-corrected chi connectivity index (χ3v) is 3.96. The lowest BCUT2D eigenvalue weighted by atomic mass is 9.72. The topological polar surface area (TPSA) is 90.4 Å². The van der Waals surface area contributed by atoms with Gasteiger partial charge >= 0.3 is 0 Å². The smallest absolute Gasteiger partial charge is 0.250 e. The summed E-state index contributed by atoms with van der Waals surface area (Å²) in [6.45, 7) is 0.776. The van der Waals surface area contributed by atoms with E-state index in [9.17, 15) is 4.79 Å². The number of benzene rings is 1. The van der Waals surface area contributed by atoms with Gasteiger partial charge in [0, 0.05) is 24.3 Å². The standard InChI is InChI=1S/C13H17N3O2/c14-10-8-5-6-18-12(8)11(10)16-9-4-2-1-3-7(9)13(15)17/h1-4,8,10-12,16H,5-6,14H2,(H2,15,17). The number of carbonyl (C=O) groups is 1. The molecule has 5 nitrogen and oxygen atoms in total. The molecule has 0 radical (unpaired) electrons. The molecule has 0 aromatic heterocycles. The molecule has 1 aliphatic carbocycles. The van der Waals surface area contributed by atoms with Crippen LogP contribution in [-0.2, 0) is 4.74 Å². The molecule has 18 heavy (non-hydrogen) atoms. The van der Waals surface area contributed by atoms with Gasteiger partial charge in [0.2, 0.25) is 0 Å². The van der Waals surface area contributed by atoms with Crippen molar-refractivity contribution < 1.29 is 9.53 Å². The molecule has 5 N–H and O–H groups in total. The van der Waals surface area contributed by atoms with Gasteiger partial charge in [-0.2, -0.15) is 0 Å². The molecule has 1 aromatic rings. The average Bonchev–Trinajstić information content (AvgIpc) is 2.81. The van der Waals surface area contributed by atoms with Gasteiger partial charge in [0.15, 0.2) is 0 Å². The van der Waals surface area contributed by atoms with Crippen LogP contribution in [0.4, 0.5) is 5.69 Å². The van der Waals surface area contributed by atoms with E-state index in [4.69, 9.17) is 16.2 Å². The van der Waals surface area contributed by atoms with Crippen LogP contribution in [0.15, 0.2) is 24.3 Å². The third kappa shape index (κ3) is 1.67. The van der Waals surface area contributed by atoms with Crippen LogP contribution < -0.4 is 16.8 Å². The Morgan fingerprint density at radius 2 is 2.17 bits per heavy atom. The maximum absolute atomic E-state index is 11.3. The van der Waals surface area contributed by atoms with Gasteiger partial charge in [0.05, 0.1) is 17.7 Å². The number of carbonyl (C=O) groups excluding carboxylic acids is 1. The number of primary amides is 1. The highest BCUT2D eigenvalue weighted by molar-refractivity contribution is 5.98. The first kappa shape index (κ1) is 11.5. The Labute approximate surface area is 105 Å². The number of fused-ring (bicyclic) bond motifs is 1. The van der Waals surface area contributed by atoms with Gasteiger partial charge in [-0.05, 0) is 18.6 Å². The van der Waals surface area contributed by atoms with Crippen LogP contribution in [0.2, 0.25) is 0 Å². The zero-order chi connectivity index (χ0) is 12.7. The van der Waals surface area contributed by atoms with Gasteiger partial charge in [0.1, 0.15) is 0 Å². The van der Waals surface area contributed by atoms with Crippen LogP contribution >= 0.6 is 0 Å². The minimum absolute atomic E-state index is 0.0676. The van der Waals surface area contributed by atoms with Gasteiger partial charge in [-0.3, -0.25) is 4.79 Å². The molecule has 5 heteroatoms. The van der Waals surface area contributed by atoms with E-state index in [1.54, 1.807) is 12.1 Å². The fraction of sp³-hybridized carbons (Fsp3) is 0.462. The monoisotopic (exact) mass is 247 g/mol. The molecule has 1 saturated carbocycles. The van der Waals surface area contributed by atoms with E-state index in [1.807, 2.05) is 12.1 Å². The quantitative estimate of drug-likeness (QED) is 0.717. The van der Waals surface area contributed by atoms with Gasteiger partial charge in [-0.25, -0.2) is 0 Å². The molecule has 1 heterocycles. The van der Waals surface area contributed by atoms with Crippen LogP contribution in [0.3, 0.4) is 0 Å². The van der Waals surface area contributed by atoms with Crippen molar-refractivity contribution in [2.45, 2.75) is 24.6 Å². The summed E-state index contributed by atoms with van der Waals surface area (Å²) in [4.78, 5) is 11.3. The van der Waals surface area contributed by atoms with Crippen LogP contribution in [0.25, 0.3) is 0 Å². The van der Waals surface area contributed by atoms with Crippen LogP contribution in [0, 0.1) is 5.92 Å². The van der Waals surface area contributed by atoms with Gasteiger partial charge in [-0.15, -0.1) is 0 Å². The summed E-state index contributed by atoms with van der Waals surface area (Å²) in [5.41, 5.74) is 12.7. The third-order valence-electron chi connectivity index (χ3n) is 3.96. The molecule has 1 amide bonds. The van der Waals surface area contributed by atoms with Gasteiger partial charge in [-0.1, -0.05) is 12.1 Å². The second kappa shape index (κ2) is 4.26. The molecular formula is C13H17N3O2. The summed E-state index contributed by atoms with van der Waals surface area (Å²) >= 11 is 0. The normalized spacial score (nSPS) is 33.6. The van der Waals surface area contributed by atoms with E-state index in [0.29, 0.717) is 11.5 Å². The van der Waals surface area contributed by atoms with E-state index >= 15 is 0 Å². The highest BCUT2D eigenvalue weighted by Crippen LogP contribution is 2.39. The first-order valence-electron chi connectivity index (χ1n) is 6.21. The summed E-state index contributed by atoms with van der Waals surface area (Å²) in [6.07, 6.45) is 1.20. The van der Waals surface area contributed by atoms with Crippen molar-refractivity contribution in [3.05, 3.63) is 29.8 Å². The lowest BCUT2D eigenvalue weighted by Crippen LogP contribution is -2.65. The van der Waals surface area contributed by atoms with E-state index in [0.717, 1.165) is 18.7 Å². The molecule has 2 aliphatic rings. The number of hydrogen-bond acceptors (Lipinski definition) is 4. The highest BCUT2D eigenvalue weighted by Gasteiger charge is 2.52. The molecule has 1 aliphatic heterocycles. The molecule has 0 spiro atoms. The summed E-state index contributed by atoms with van der Waals surface area (Å²) in [6, 6.07) is 7.36. The Hall–Kier alpha value is -1.59. The number of nitrogens with one attached hydrogen (secondary N) is 1. The summed E-state index contributed by atoms with van der Waals surface area (Å²) < 4.78 is 5.65. The Kier molecular flexibility index (Phi) is 2.72. The molecule has 0 bridgehead atoms. The second-order valence-electron chi connectivity index (χ2n) is 4.95. The maximum atomic E-state index is 11.3. The van der Waals surface area contributed by atoms with Crippen LogP contribution in [0.1, 0.15) is 16.8 Å². The van der Waals surface area contributed by atoms with E-state index < -0.39 is 5.91 Å². The highest BCUT2D eigenvalue weighted by atomic mass is 16.5. The van der Waals surface area contributed by atoms with Crippen molar-refractivity contribution in [1.29, 1.82) is 0 Å². The minimum Gasteiger partial charge on any atom is -0.377 e. The molecule has 2 fully saturated rings. The molecule has 1 saturated heterocycles. The fourth-order valence-corrected chi connectivity index (χ4v) is 2.93. The maximum Gasteiger partial charge on any atom is 0.250 e. The number of anilines is 1. The average molecular weight is 247 g/mol. The summed E-state index contributed by atoms with van der Waals surface area (Å²) in [5.74, 6) is 0.0122. The number of ether oxygens (including phenoxy) is 1. The lowest BCUT2D eigenvalue weighted by molar-refractivity contribution is 0.00535. The van der Waals surface area contributed by atoms with Crippen molar-refractivity contribution in [3.8, 4) is 0 Å².